The van der Waals surface area contributed by atoms with Gasteiger partial charge in [0.2, 0.25) is 5.91 Å². The smallest absolute Gasteiger partial charge is 0.326 e. The molecule has 2 atom stereocenters. The van der Waals surface area contributed by atoms with Crippen molar-refractivity contribution in [2.24, 2.45) is 0 Å². The van der Waals surface area contributed by atoms with E-state index in [0.29, 0.717) is 28.5 Å². The molecule has 1 aliphatic heterocycles. The Hall–Kier alpha value is -1.80. The highest BCUT2D eigenvalue weighted by molar-refractivity contribution is 7.92. The Morgan fingerprint density at radius 3 is 2.29 bits per heavy atom. The van der Waals surface area contributed by atoms with Gasteiger partial charge in [-0.05, 0) is 49.1 Å². The molecule has 6 nitrogen and oxygen atoms in total. The quantitative estimate of drug-likeness (QED) is 0.661. The maximum Gasteiger partial charge on any atom is 0.326 e. The van der Waals surface area contributed by atoms with E-state index in [2.05, 4.69) is 0 Å². The Balaban J connectivity index is 1.68. The summed E-state index contributed by atoms with van der Waals surface area (Å²) in [5, 5.41) is 9.46. The third kappa shape index (κ3) is 3.82. The second-order valence-corrected chi connectivity index (χ2v) is 11.3. The fourth-order valence-electron chi connectivity index (χ4n) is 4.21. The highest BCUT2D eigenvalue weighted by Gasteiger charge is 2.58. The molecule has 1 amide bonds. The molecule has 1 saturated carbocycles. The average molecular weight is 503 g/mol. The lowest BCUT2D eigenvalue weighted by molar-refractivity contribution is -0.149. The molecular weight excluding hydrogens is 485 g/mol. The largest absolute Gasteiger partial charge is 0.480 e. The van der Waals surface area contributed by atoms with Crippen LogP contribution in [0.1, 0.15) is 24.8 Å². The summed E-state index contributed by atoms with van der Waals surface area (Å²) in [6.07, 6.45) is 0.787. The lowest BCUT2D eigenvalue weighted by Gasteiger charge is -2.27. The van der Waals surface area contributed by atoms with E-state index in [0.717, 1.165) is 0 Å². The van der Waals surface area contributed by atoms with Crippen LogP contribution >= 0.6 is 34.8 Å². The van der Waals surface area contributed by atoms with Crippen LogP contribution in [0.2, 0.25) is 15.1 Å². The zero-order valence-electron chi connectivity index (χ0n) is 16.1. The van der Waals surface area contributed by atoms with Gasteiger partial charge in [0.15, 0.2) is 9.84 Å². The normalized spacial score (nSPS) is 22.4. The van der Waals surface area contributed by atoms with Gasteiger partial charge in [0, 0.05) is 16.6 Å². The first-order valence-corrected chi connectivity index (χ1v) is 12.2. The van der Waals surface area contributed by atoms with E-state index >= 15 is 0 Å². The number of hydrogen-bond acceptors (Lipinski definition) is 4. The number of amides is 1. The summed E-state index contributed by atoms with van der Waals surface area (Å²) < 4.78 is 26.3. The number of carbonyl (C=O) groups excluding carboxylic acids is 1. The van der Waals surface area contributed by atoms with Crippen molar-refractivity contribution in [2.45, 2.75) is 40.9 Å². The molecule has 0 bridgehead atoms. The summed E-state index contributed by atoms with van der Waals surface area (Å²) in [6, 6.07) is 9.58. The standard InChI is InChI=1S/C21H18Cl3NO5S/c22-12-5-6-14(16(24)9-12)21(7-8-21)20(28)25-11-13(10-17(25)19(26)27)31(29,30)18-4-2-1-3-15(18)23/h1-6,9,13,17H,7-8,10-11H2,(H,26,27). The van der Waals surface area contributed by atoms with Gasteiger partial charge in [0.1, 0.15) is 6.04 Å². The number of benzene rings is 2. The van der Waals surface area contributed by atoms with Crippen molar-refractivity contribution in [2.75, 3.05) is 6.54 Å². The molecular formula is C21H18Cl3NO5S. The number of carbonyl (C=O) groups is 2. The van der Waals surface area contributed by atoms with Crippen molar-refractivity contribution >= 4 is 56.5 Å². The number of carboxylic acid groups (broad SMARTS) is 1. The Morgan fingerprint density at radius 1 is 1.03 bits per heavy atom. The van der Waals surface area contributed by atoms with Gasteiger partial charge in [0.05, 0.1) is 20.6 Å². The molecule has 2 fully saturated rings. The van der Waals surface area contributed by atoms with Crippen molar-refractivity contribution in [3.8, 4) is 0 Å². The van der Waals surface area contributed by atoms with E-state index in [4.69, 9.17) is 34.8 Å². The molecule has 164 valence electrons. The Kier molecular flexibility index (Phi) is 5.75. The van der Waals surface area contributed by atoms with Crippen LogP contribution in [-0.2, 0) is 24.8 Å². The van der Waals surface area contributed by atoms with Crippen LogP contribution in [0.4, 0.5) is 0 Å². The van der Waals surface area contributed by atoms with Crippen LogP contribution in [0.15, 0.2) is 47.4 Å². The molecule has 2 aromatic carbocycles. The number of rotatable bonds is 5. The highest BCUT2D eigenvalue weighted by Crippen LogP contribution is 2.53. The van der Waals surface area contributed by atoms with Crippen LogP contribution in [0, 0.1) is 0 Å². The minimum absolute atomic E-state index is 0.0609. The SMILES string of the molecule is O=C(O)C1CC(S(=O)(=O)c2ccccc2Cl)CN1C(=O)C1(c2ccc(Cl)cc2Cl)CC1. The second kappa shape index (κ2) is 7.96. The predicted octanol–water partition coefficient (Wildman–Crippen LogP) is 4.21. The lowest BCUT2D eigenvalue weighted by Crippen LogP contribution is -2.46. The lowest BCUT2D eigenvalue weighted by atomic mass is 9.94. The number of halogens is 3. The maximum absolute atomic E-state index is 13.5. The van der Waals surface area contributed by atoms with E-state index in [1.807, 2.05) is 0 Å². The average Bonchev–Trinajstić information content (AvgIpc) is 3.37. The molecule has 1 aliphatic carbocycles. The van der Waals surface area contributed by atoms with Crippen molar-refractivity contribution < 1.29 is 23.1 Å². The Labute approximate surface area is 194 Å². The first kappa shape index (κ1) is 22.4. The van der Waals surface area contributed by atoms with E-state index in [-0.39, 0.29) is 22.9 Å². The summed E-state index contributed by atoms with van der Waals surface area (Å²) in [5.74, 6) is -1.68. The first-order valence-electron chi connectivity index (χ1n) is 9.56. The van der Waals surface area contributed by atoms with Gasteiger partial charge in [-0.15, -0.1) is 0 Å². The summed E-state index contributed by atoms with van der Waals surface area (Å²) in [5.41, 5.74) is -0.386. The molecule has 4 rings (SSSR count). The molecule has 0 spiro atoms. The maximum atomic E-state index is 13.5. The summed E-state index contributed by atoms with van der Waals surface area (Å²) >= 11 is 18.4. The van der Waals surface area contributed by atoms with Crippen molar-refractivity contribution in [3.63, 3.8) is 0 Å². The van der Waals surface area contributed by atoms with Crippen LogP contribution < -0.4 is 0 Å². The molecule has 0 radical (unpaired) electrons. The van der Waals surface area contributed by atoms with Crippen LogP contribution in [0.5, 0.6) is 0 Å². The van der Waals surface area contributed by atoms with Gasteiger partial charge < -0.3 is 10.0 Å². The number of aliphatic carboxylic acids is 1. The van der Waals surface area contributed by atoms with E-state index < -0.39 is 38.4 Å². The fraction of sp³-hybridized carbons (Fsp3) is 0.333. The molecule has 31 heavy (non-hydrogen) atoms. The molecule has 0 aromatic heterocycles. The van der Waals surface area contributed by atoms with E-state index in [1.54, 1.807) is 24.3 Å². The number of nitrogens with zero attached hydrogens (tertiary/aromatic N) is 1. The van der Waals surface area contributed by atoms with Crippen molar-refractivity contribution in [3.05, 3.63) is 63.1 Å². The molecule has 2 unspecified atom stereocenters. The number of carboxylic acids is 1. The van der Waals surface area contributed by atoms with Gasteiger partial charge in [0.25, 0.3) is 0 Å². The zero-order valence-corrected chi connectivity index (χ0v) is 19.2. The third-order valence-electron chi connectivity index (χ3n) is 6.00. The van der Waals surface area contributed by atoms with Crippen molar-refractivity contribution in [1.82, 2.24) is 4.90 Å². The second-order valence-electron chi connectivity index (χ2n) is 7.85. The van der Waals surface area contributed by atoms with Gasteiger partial charge in [-0.25, -0.2) is 13.2 Å². The van der Waals surface area contributed by atoms with Crippen LogP contribution in [-0.4, -0.2) is 48.1 Å². The van der Waals surface area contributed by atoms with Gasteiger partial charge in [-0.3, -0.25) is 4.79 Å². The predicted molar refractivity (Wildman–Crippen MR) is 118 cm³/mol. The summed E-state index contributed by atoms with van der Waals surface area (Å²) in [6.45, 7) is -0.226. The zero-order chi connectivity index (χ0) is 22.6. The third-order valence-corrected chi connectivity index (χ3v) is 9.17. The van der Waals surface area contributed by atoms with E-state index in [1.165, 1.54) is 23.1 Å². The molecule has 10 heteroatoms. The Morgan fingerprint density at radius 2 is 1.71 bits per heavy atom. The van der Waals surface area contributed by atoms with Gasteiger partial charge >= 0.3 is 5.97 Å². The molecule has 1 N–H and O–H groups in total. The number of hydrogen-bond donors (Lipinski definition) is 1. The van der Waals surface area contributed by atoms with Gasteiger partial charge in [-0.2, -0.15) is 0 Å². The Bertz CT molecular complexity index is 1180. The minimum atomic E-state index is -3.94. The number of sulfone groups is 1. The molecule has 1 heterocycles. The van der Waals surface area contributed by atoms with Crippen LogP contribution in [0.3, 0.4) is 0 Å². The summed E-state index contributed by atoms with van der Waals surface area (Å²) in [7, 11) is -3.94. The van der Waals surface area contributed by atoms with E-state index in [9.17, 15) is 23.1 Å². The summed E-state index contributed by atoms with van der Waals surface area (Å²) in [4.78, 5) is 26.5. The monoisotopic (exact) mass is 501 g/mol. The highest BCUT2D eigenvalue weighted by atomic mass is 35.5. The minimum Gasteiger partial charge on any atom is -0.480 e. The fourth-order valence-corrected chi connectivity index (χ4v) is 7.02. The molecule has 2 aliphatic rings. The van der Waals surface area contributed by atoms with Crippen molar-refractivity contribution in [1.29, 1.82) is 0 Å². The van der Waals surface area contributed by atoms with Crippen LogP contribution in [0.25, 0.3) is 0 Å². The number of likely N-dealkylation sites (tertiary alicyclic amines) is 1. The first-order chi connectivity index (χ1) is 14.6. The van der Waals surface area contributed by atoms with Gasteiger partial charge in [-0.1, -0.05) is 53.0 Å². The topological polar surface area (TPSA) is 91.8 Å². The molecule has 1 saturated heterocycles. The molecule has 2 aromatic rings.